The van der Waals surface area contributed by atoms with Gasteiger partial charge in [0.2, 0.25) is 0 Å². The summed E-state index contributed by atoms with van der Waals surface area (Å²) >= 11 is 0. The SMILES string of the molecule is CN(C)CCN(C)C1CCN(Cc2ccc(-c3cccc(F)c3)cc2)CC1. The van der Waals surface area contributed by atoms with Crippen molar-refractivity contribution in [2.75, 3.05) is 47.3 Å². The van der Waals surface area contributed by atoms with E-state index in [1.165, 1.54) is 24.5 Å². The summed E-state index contributed by atoms with van der Waals surface area (Å²) in [6.45, 7) is 5.57. The lowest BCUT2D eigenvalue weighted by Gasteiger charge is -2.37. The van der Waals surface area contributed by atoms with Crippen LogP contribution in [0.15, 0.2) is 48.5 Å². The molecule has 0 N–H and O–H groups in total. The lowest BCUT2D eigenvalue weighted by Crippen LogP contribution is -2.44. The van der Waals surface area contributed by atoms with E-state index >= 15 is 0 Å². The van der Waals surface area contributed by atoms with Gasteiger partial charge < -0.3 is 9.80 Å². The molecule has 0 spiro atoms. The molecule has 1 saturated heterocycles. The third-order valence-corrected chi connectivity index (χ3v) is 5.60. The minimum atomic E-state index is -0.185. The summed E-state index contributed by atoms with van der Waals surface area (Å²) < 4.78 is 13.4. The second kappa shape index (κ2) is 9.45. The van der Waals surface area contributed by atoms with Crippen molar-refractivity contribution in [2.24, 2.45) is 0 Å². The summed E-state index contributed by atoms with van der Waals surface area (Å²) in [5, 5.41) is 0. The van der Waals surface area contributed by atoms with Crippen LogP contribution in [-0.2, 0) is 6.54 Å². The normalized spacial score (nSPS) is 16.4. The lowest BCUT2D eigenvalue weighted by atomic mass is 10.0. The van der Waals surface area contributed by atoms with E-state index in [-0.39, 0.29) is 5.82 Å². The molecule has 0 unspecified atom stereocenters. The van der Waals surface area contributed by atoms with Gasteiger partial charge in [-0.3, -0.25) is 4.90 Å². The minimum Gasteiger partial charge on any atom is -0.308 e. The van der Waals surface area contributed by atoms with Crippen LogP contribution in [0.4, 0.5) is 4.39 Å². The highest BCUT2D eigenvalue weighted by Crippen LogP contribution is 2.22. The average molecular weight is 370 g/mol. The average Bonchev–Trinajstić information content (AvgIpc) is 2.67. The number of rotatable bonds is 7. The van der Waals surface area contributed by atoms with E-state index < -0.39 is 0 Å². The van der Waals surface area contributed by atoms with Crippen LogP contribution >= 0.6 is 0 Å². The zero-order valence-electron chi connectivity index (χ0n) is 16.9. The molecule has 0 aliphatic carbocycles. The zero-order valence-corrected chi connectivity index (χ0v) is 16.9. The first kappa shape index (κ1) is 20.0. The maximum Gasteiger partial charge on any atom is 0.123 e. The number of piperidine rings is 1. The fourth-order valence-corrected chi connectivity index (χ4v) is 3.79. The summed E-state index contributed by atoms with van der Waals surface area (Å²) in [5.41, 5.74) is 3.33. The molecule has 0 atom stereocenters. The first-order chi connectivity index (χ1) is 13.0. The van der Waals surface area contributed by atoms with Gasteiger partial charge in [-0.25, -0.2) is 4.39 Å². The number of halogens is 1. The molecule has 2 aromatic carbocycles. The Morgan fingerprint density at radius 1 is 0.926 bits per heavy atom. The highest BCUT2D eigenvalue weighted by molar-refractivity contribution is 5.63. The van der Waals surface area contributed by atoms with E-state index in [1.807, 2.05) is 6.07 Å². The van der Waals surface area contributed by atoms with E-state index in [0.717, 1.165) is 43.9 Å². The first-order valence-corrected chi connectivity index (χ1v) is 9.93. The van der Waals surface area contributed by atoms with Crippen LogP contribution in [0.2, 0.25) is 0 Å². The number of benzene rings is 2. The first-order valence-electron chi connectivity index (χ1n) is 9.93. The second-order valence-electron chi connectivity index (χ2n) is 8.00. The van der Waals surface area contributed by atoms with Crippen LogP contribution in [0.5, 0.6) is 0 Å². The number of hydrogen-bond donors (Lipinski definition) is 0. The van der Waals surface area contributed by atoms with Crippen molar-refractivity contribution in [2.45, 2.75) is 25.4 Å². The van der Waals surface area contributed by atoms with Crippen molar-refractivity contribution in [1.29, 1.82) is 0 Å². The highest BCUT2D eigenvalue weighted by Gasteiger charge is 2.22. The van der Waals surface area contributed by atoms with Crippen LogP contribution in [0.3, 0.4) is 0 Å². The number of hydrogen-bond acceptors (Lipinski definition) is 3. The molecule has 0 radical (unpaired) electrons. The Kier molecular flexibility index (Phi) is 7.00. The highest BCUT2D eigenvalue weighted by atomic mass is 19.1. The molecule has 1 heterocycles. The van der Waals surface area contributed by atoms with E-state index in [0.29, 0.717) is 6.04 Å². The van der Waals surface area contributed by atoms with E-state index in [1.54, 1.807) is 12.1 Å². The van der Waals surface area contributed by atoms with Crippen molar-refractivity contribution >= 4 is 0 Å². The molecular formula is C23H32FN3. The Morgan fingerprint density at radius 3 is 2.26 bits per heavy atom. The van der Waals surface area contributed by atoms with Gasteiger partial charge in [0.1, 0.15) is 5.82 Å². The molecule has 1 aliphatic rings. The third kappa shape index (κ3) is 5.86. The van der Waals surface area contributed by atoms with Crippen molar-refractivity contribution in [1.82, 2.24) is 14.7 Å². The predicted octanol–water partition coefficient (Wildman–Crippen LogP) is 3.95. The molecular weight excluding hydrogens is 337 g/mol. The molecule has 2 aromatic rings. The van der Waals surface area contributed by atoms with E-state index in [9.17, 15) is 4.39 Å². The van der Waals surface area contributed by atoms with Crippen LogP contribution in [0.25, 0.3) is 11.1 Å². The molecule has 3 nitrogen and oxygen atoms in total. The molecule has 0 bridgehead atoms. The second-order valence-corrected chi connectivity index (χ2v) is 8.00. The lowest BCUT2D eigenvalue weighted by molar-refractivity contribution is 0.118. The van der Waals surface area contributed by atoms with Gasteiger partial charge in [0, 0.05) is 25.7 Å². The Hall–Kier alpha value is -1.75. The maximum atomic E-state index is 13.4. The summed E-state index contributed by atoms with van der Waals surface area (Å²) in [5.74, 6) is -0.185. The summed E-state index contributed by atoms with van der Waals surface area (Å²) in [6, 6.07) is 16.1. The van der Waals surface area contributed by atoms with Gasteiger partial charge >= 0.3 is 0 Å². The fourth-order valence-electron chi connectivity index (χ4n) is 3.79. The summed E-state index contributed by atoms with van der Waals surface area (Å²) in [4.78, 5) is 7.32. The predicted molar refractivity (Wildman–Crippen MR) is 111 cm³/mol. The zero-order chi connectivity index (χ0) is 19.2. The van der Waals surface area contributed by atoms with Gasteiger partial charge in [0.05, 0.1) is 0 Å². The molecule has 0 aromatic heterocycles. The van der Waals surface area contributed by atoms with Gasteiger partial charge in [-0.2, -0.15) is 0 Å². The van der Waals surface area contributed by atoms with Crippen LogP contribution in [0.1, 0.15) is 18.4 Å². The number of likely N-dealkylation sites (N-methyl/N-ethyl adjacent to an activating group) is 2. The standard InChI is InChI=1S/C23H32FN3/c1-25(2)15-16-26(3)23-11-13-27(14-12-23)18-19-7-9-20(10-8-19)21-5-4-6-22(24)17-21/h4-10,17,23H,11-16,18H2,1-3H3. The van der Waals surface area contributed by atoms with Crippen molar-refractivity contribution in [3.63, 3.8) is 0 Å². The van der Waals surface area contributed by atoms with Crippen LogP contribution < -0.4 is 0 Å². The molecule has 146 valence electrons. The van der Waals surface area contributed by atoms with Crippen molar-refractivity contribution in [3.8, 4) is 11.1 Å². The molecule has 3 rings (SSSR count). The van der Waals surface area contributed by atoms with Crippen molar-refractivity contribution in [3.05, 3.63) is 59.9 Å². The molecule has 27 heavy (non-hydrogen) atoms. The van der Waals surface area contributed by atoms with E-state index in [2.05, 4.69) is 60.1 Å². The smallest absolute Gasteiger partial charge is 0.123 e. The van der Waals surface area contributed by atoms with Gasteiger partial charge in [-0.05, 0) is 75.9 Å². The van der Waals surface area contributed by atoms with Crippen molar-refractivity contribution < 1.29 is 4.39 Å². The summed E-state index contributed by atoms with van der Waals surface area (Å²) in [7, 11) is 6.53. The molecule has 0 saturated carbocycles. The summed E-state index contributed by atoms with van der Waals surface area (Å²) in [6.07, 6.45) is 2.48. The van der Waals surface area contributed by atoms with Gasteiger partial charge in [0.15, 0.2) is 0 Å². The number of nitrogens with zero attached hydrogens (tertiary/aromatic N) is 3. The Bertz CT molecular complexity index is 706. The van der Waals surface area contributed by atoms with Gasteiger partial charge in [-0.1, -0.05) is 36.4 Å². The van der Waals surface area contributed by atoms with Crippen LogP contribution in [-0.4, -0.2) is 68.1 Å². The van der Waals surface area contributed by atoms with Gasteiger partial charge in [0.25, 0.3) is 0 Å². The maximum absolute atomic E-state index is 13.4. The molecule has 4 heteroatoms. The van der Waals surface area contributed by atoms with Gasteiger partial charge in [-0.15, -0.1) is 0 Å². The molecule has 1 aliphatic heterocycles. The Labute approximate surface area is 163 Å². The van der Waals surface area contributed by atoms with E-state index in [4.69, 9.17) is 0 Å². The van der Waals surface area contributed by atoms with Crippen LogP contribution in [0, 0.1) is 5.82 Å². The minimum absolute atomic E-state index is 0.185. The topological polar surface area (TPSA) is 9.72 Å². The third-order valence-electron chi connectivity index (χ3n) is 5.60. The fraction of sp³-hybridized carbons (Fsp3) is 0.478. The Balaban J connectivity index is 1.49. The Morgan fingerprint density at radius 2 is 1.63 bits per heavy atom. The monoisotopic (exact) mass is 369 g/mol. The largest absolute Gasteiger partial charge is 0.308 e. The molecule has 1 fully saturated rings. The molecule has 0 amide bonds. The quantitative estimate of drug-likeness (QED) is 0.732. The number of likely N-dealkylation sites (tertiary alicyclic amines) is 1.